The molecule has 0 heterocycles. The molecule has 0 fully saturated rings. The van der Waals surface area contributed by atoms with Crippen LogP contribution in [0.25, 0.3) is 11.1 Å². The number of carbonyl (C=O) groups excluding carboxylic acids is 1. The van der Waals surface area contributed by atoms with Crippen LogP contribution in [0, 0.1) is 10.7 Å². The molecule has 0 saturated heterocycles. The highest BCUT2D eigenvalue weighted by Gasteiger charge is 2.38. The fourth-order valence-corrected chi connectivity index (χ4v) is 6.53. The van der Waals surface area contributed by atoms with Crippen molar-refractivity contribution in [1.82, 2.24) is 0 Å². The third-order valence-electron chi connectivity index (χ3n) is 2.80. The van der Waals surface area contributed by atoms with Gasteiger partial charge in [0.1, 0.15) is 0 Å². The number of benzene rings is 1. The van der Waals surface area contributed by atoms with Crippen LogP contribution in [0.1, 0.15) is 0 Å². The summed E-state index contributed by atoms with van der Waals surface area (Å²) < 4.78 is 3.11. The Balaban J connectivity index is 2.40. The summed E-state index contributed by atoms with van der Waals surface area (Å²) in [6.45, 7) is -0.730. The van der Waals surface area contributed by atoms with Gasteiger partial charge in [0, 0.05) is 28.4 Å². The summed E-state index contributed by atoms with van der Waals surface area (Å²) >= 11 is 6.59. The molecular weight excluding hydrogens is 591 g/mol. The minimum atomic E-state index is -1.46. The molecule has 19 heavy (non-hydrogen) atoms. The summed E-state index contributed by atoms with van der Waals surface area (Å²) in [5.74, 6) is -0.590. The van der Waals surface area contributed by atoms with Crippen molar-refractivity contribution in [3.8, 4) is 11.1 Å². The van der Waals surface area contributed by atoms with Crippen molar-refractivity contribution in [3.63, 3.8) is 0 Å². The van der Waals surface area contributed by atoms with E-state index in [-0.39, 0.29) is 13.2 Å². The van der Waals surface area contributed by atoms with Crippen LogP contribution in [-0.2, 0) is 4.79 Å². The number of halogens is 3. The van der Waals surface area contributed by atoms with Crippen LogP contribution >= 0.6 is 67.8 Å². The number of aliphatic hydroxyl groups is 3. The number of aliphatic hydroxyl groups excluding tert-OH is 3. The molecule has 2 rings (SSSR count). The molecule has 0 radical (unpaired) electrons. The number of nitrogens with zero attached hydrogens (tertiary/aromatic N) is 1. The predicted molar refractivity (Wildman–Crippen MR) is 96.1 cm³/mol. The molecule has 0 spiro atoms. The number of hydrogen-bond acceptors (Lipinski definition) is 4. The normalized spacial score (nSPS) is 13.4. The Bertz CT molecular complexity index is 520. The van der Waals surface area contributed by atoms with Gasteiger partial charge in [0.2, 0.25) is 0 Å². The van der Waals surface area contributed by atoms with E-state index in [9.17, 15) is 9.90 Å². The van der Waals surface area contributed by atoms with Crippen molar-refractivity contribution in [1.29, 1.82) is 0 Å². The van der Waals surface area contributed by atoms with Crippen LogP contribution < -0.4 is 4.90 Å². The number of amides is 1. The highest BCUT2D eigenvalue weighted by Crippen LogP contribution is 2.56. The lowest BCUT2D eigenvalue weighted by atomic mass is 10.3. The molecule has 1 unspecified atom stereocenters. The number of fused-ring (bicyclic) bond motifs is 1. The predicted octanol–water partition coefficient (Wildman–Crippen LogP) is 1.16. The summed E-state index contributed by atoms with van der Waals surface area (Å²) in [7, 11) is 0. The Morgan fingerprint density at radius 3 is 2.05 bits per heavy atom. The molecule has 0 bridgehead atoms. The quantitative estimate of drug-likeness (QED) is 0.450. The average Bonchev–Trinajstić information content (AvgIpc) is 2.98. The van der Waals surface area contributed by atoms with Gasteiger partial charge in [-0.1, -0.05) is 0 Å². The molecule has 1 atom stereocenters. The van der Waals surface area contributed by atoms with Gasteiger partial charge < -0.3 is 20.2 Å². The number of rotatable bonds is 5. The van der Waals surface area contributed by atoms with Crippen molar-refractivity contribution in [2.75, 3.05) is 24.7 Å². The van der Waals surface area contributed by atoms with E-state index in [0.29, 0.717) is 0 Å². The molecule has 0 aromatic carbocycles. The Hall–Kier alpha value is 0.760. The molecule has 0 aromatic rings. The first kappa shape index (κ1) is 16.1. The van der Waals surface area contributed by atoms with Crippen LogP contribution in [-0.4, -0.2) is 47.1 Å². The van der Waals surface area contributed by atoms with Crippen molar-refractivity contribution >= 4 is 79.4 Å². The van der Waals surface area contributed by atoms with Crippen molar-refractivity contribution in [2.24, 2.45) is 0 Å². The smallest absolute Gasteiger partial charge is 0.258 e. The van der Waals surface area contributed by atoms with Gasteiger partial charge in [-0.25, -0.2) is 0 Å². The molecule has 2 aliphatic rings. The molecule has 1 amide bonds. The Morgan fingerprint density at radius 2 is 1.63 bits per heavy atom. The molecule has 5 nitrogen and oxygen atoms in total. The third kappa shape index (κ3) is 2.75. The fraction of sp³-hybridized carbons (Fsp3) is 0.364. The minimum absolute atomic E-state index is 0.0986. The molecule has 2 aliphatic carbocycles. The first-order chi connectivity index (χ1) is 8.95. The fourth-order valence-electron chi connectivity index (χ4n) is 1.84. The largest absolute Gasteiger partial charge is 0.395 e. The first-order valence-corrected chi connectivity index (χ1v) is 8.61. The molecule has 104 valence electrons. The van der Waals surface area contributed by atoms with Crippen LogP contribution in [0.2, 0.25) is 0 Å². The lowest BCUT2D eigenvalue weighted by Gasteiger charge is -2.24. The average molecular weight is 601 g/mol. The number of carbonyl (C=O) groups is 1. The van der Waals surface area contributed by atoms with Gasteiger partial charge in [0.05, 0.1) is 18.9 Å². The summed E-state index contributed by atoms with van der Waals surface area (Å²) in [6, 6.07) is 0. The molecular formula is C11H10I3NO4. The Morgan fingerprint density at radius 1 is 1.11 bits per heavy atom. The van der Waals surface area contributed by atoms with Crippen LogP contribution in [0.15, 0.2) is 0 Å². The van der Waals surface area contributed by atoms with Crippen molar-refractivity contribution in [3.05, 3.63) is 10.7 Å². The van der Waals surface area contributed by atoms with E-state index in [1.165, 1.54) is 8.47 Å². The van der Waals surface area contributed by atoms with E-state index >= 15 is 0 Å². The monoisotopic (exact) mass is 601 g/mol. The zero-order valence-corrected chi connectivity index (χ0v) is 16.0. The lowest BCUT2D eigenvalue weighted by molar-refractivity contribution is -0.128. The Labute approximate surface area is 150 Å². The van der Waals surface area contributed by atoms with Crippen LogP contribution in [0.4, 0.5) is 5.69 Å². The van der Waals surface area contributed by atoms with Crippen LogP contribution in [0.3, 0.4) is 0 Å². The summed E-state index contributed by atoms with van der Waals surface area (Å²) in [6.07, 6.45) is -1.46. The van der Waals surface area contributed by atoms with Gasteiger partial charge in [-0.2, -0.15) is 0 Å². The van der Waals surface area contributed by atoms with Gasteiger partial charge in [0.15, 0.2) is 6.10 Å². The van der Waals surface area contributed by atoms with Gasteiger partial charge in [-0.3, -0.25) is 4.79 Å². The van der Waals surface area contributed by atoms with Gasteiger partial charge in [-0.05, 0) is 67.8 Å². The highest BCUT2D eigenvalue weighted by atomic mass is 127. The van der Waals surface area contributed by atoms with E-state index in [0.717, 1.165) is 24.0 Å². The van der Waals surface area contributed by atoms with E-state index in [1.807, 2.05) is 0 Å². The molecule has 3 N–H and O–H groups in total. The van der Waals surface area contributed by atoms with E-state index in [4.69, 9.17) is 10.2 Å². The van der Waals surface area contributed by atoms with Gasteiger partial charge in [-0.15, -0.1) is 0 Å². The maximum atomic E-state index is 12.1. The van der Waals surface area contributed by atoms with Gasteiger partial charge >= 0.3 is 0 Å². The topological polar surface area (TPSA) is 81.0 Å². The van der Waals surface area contributed by atoms with Crippen molar-refractivity contribution < 1.29 is 20.1 Å². The number of hydrogen-bond donors (Lipinski definition) is 3. The highest BCUT2D eigenvalue weighted by molar-refractivity contribution is 14.1. The lowest BCUT2D eigenvalue weighted by Crippen LogP contribution is -2.43. The zero-order chi connectivity index (χ0) is 14.3. The van der Waals surface area contributed by atoms with E-state index in [1.54, 1.807) is 0 Å². The first-order valence-electron chi connectivity index (χ1n) is 5.37. The van der Waals surface area contributed by atoms with E-state index < -0.39 is 18.6 Å². The van der Waals surface area contributed by atoms with Crippen molar-refractivity contribution in [2.45, 2.75) is 6.10 Å². The standard InChI is InChI=1S/C11H10I3NO4/c12-7-5-6(7)9(14)10(8(5)13)15(1-2-16)11(19)4(18)3-17/h4,16-18H,1-3H2. The SMILES string of the molecule is O=C(C(O)CO)N(CCO)c1c(I)c2c(I)c-2c1I. The second kappa shape index (κ2) is 6.25. The van der Waals surface area contributed by atoms with Gasteiger partial charge in [0.25, 0.3) is 5.91 Å². The maximum absolute atomic E-state index is 12.1. The maximum Gasteiger partial charge on any atom is 0.258 e. The van der Waals surface area contributed by atoms with Crippen LogP contribution in [0.5, 0.6) is 0 Å². The molecule has 8 heteroatoms. The molecule has 0 aliphatic heterocycles. The Kier molecular flexibility index (Phi) is 5.31. The second-order valence-corrected chi connectivity index (χ2v) is 7.19. The summed E-state index contributed by atoms with van der Waals surface area (Å²) in [5, 5.41) is 27.5. The minimum Gasteiger partial charge on any atom is -0.395 e. The zero-order valence-electron chi connectivity index (χ0n) is 9.53. The second-order valence-electron chi connectivity index (χ2n) is 3.95. The molecule has 0 saturated carbocycles. The number of anilines is 1. The molecule has 0 aromatic heterocycles. The summed E-state index contributed by atoms with van der Waals surface area (Å²) in [4.78, 5) is 13.4. The summed E-state index contributed by atoms with van der Waals surface area (Å²) in [5.41, 5.74) is 3.02. The third-order valence-corrected chi connectivity index (χ3v) is 5.98. The van der Waals surface area contributed by atoms with E-state index in [2.05, 4.69) is 67.8 Å².